The summed E-state index contributed by atoms with van der Waals surface area (Å²) in [5.41, 5.74) is 0.393. The van der Waals surface area contributed by atoms with Gasteiger partial charge in [-0.1, -0.05) is 29.8 Å². The van der Waals surface area contributed by atoms with Gasteiger partial charge in [0.15, 0.2) is 0 Å². The van der Waals surface area contributed by atoms with Gasteiger partial charge in [0.25, 0.3) is 5.56 Å². The van der Waals surface area contributed by atoms with Gasteiger partial charge in [-0.2, -0.15) is 0 Å². The van der Waals surface area contributed by atoms with Gasteiger partial charge >= 0.3 is 0 Å². The monoisotopic (exact) mass is 373 g/mol. The smallest absolute Gasteiger partial charge is 0.261 e. The summed E-state index contributed by atoms with van der Waals surface area (Å²) in [6.07, 6.45) is 3.07. The second-order valence-corrected chi connectivity index (χ2v) is 7.26. The van der Waals surface area contributed by atoms with Gasteiger partial charge in [0.05, 0.1) is 28.1 Å². The Morgan fingerprint density at radius 3 is 2.84 bits per heavy atom. The molecule has 1 aromatic carbocycles. The number of halogens is 1. The van der Waals surface area contributed by atoms with Crippen molar-refractivity contribution in [2.45, 2.75) is 13.1 Å². The maximum absolute atomic E-state index is 12.7. The third-order valence-corrected chi connectivity index (χ3v) is 4.93. The zero-order valence-electron chi connectivity index (χ0n) is 13.4. The fourth-order valence-corrected chi connectivity index (χ4v) is 3.60. The lowest BCUT2D eigenvalue weighted by Gasteiger charge is -2.21. The summed E-state index contributed by atoms with van der Waals surface area (Å²) in [4.78, 5) is 32.0. The summed E-state index contributed by atoms with van der Waals surface area (Å²) in [5.74, 6) is -0.177. The molecule has 7 heteroatoms. The number of para-hydroxylation sites is 1. The molecule has 0 N–H and O–H groups in total. The molecule has 0 saturated carbocycles. The molecule has 0 unspecified atom stereocenters. The first-order valence-corrected chi connectivity index (χ1v) is 8.85. The first kappa shape index (κ1) is 17.4. The Bertz CT molecular complexity index is 980. The average molecular weight is 374 g/mol. The summed E-state index contributed by atoms with van der Waals surface area (Å²) in [6, 6.07) is 10.8. The average Bonchev–Trinajstić information content (AvgIpc) is 3.02. The minimum atomic E-state index is -0.225. The minimum absolute atomic E-state index is 0.0659. The van der Waals surface area contributed by atoms with Crippen molar-refractivity contribution in [3.8, 4) is 0 Å². The number of benzene rings is 1. The topological polar surface area (TPSA) is 55.2 Å². The first-order chi connectivity index (χ1) is 12.1. The van der Waals surface area contributed by atoms with Gasteiger partial charge in [-0.25, -0.2) is 4.98 Å². The number of amides is 1. The molecule has 1 amide bonds. The van der Waals surface area contributed by atoms with E-state index in [2.05, 4.69) is 11.6 Å². The standard InChI is InChI=1S/C18H16ClN3O2S/c1-2-9-21(10-13-7-8-16(19)25-13)17(23)11-22-12-20-15-6-4-3-5-14(15)18(22)24/h2-8,12H,1,9-11H2. The molecule has 0 saturated heterocycles. The van der Waals surface area contributed by atoms with E-state index in [4.69, 9.17) is 11.6 Å². The molecule has 0 aliphatic carbocycles. The van der Waals surface area contributed by atoms with Crippen LogP contribution in [0, 0.1) is 0 Å². The second kappa shape index (κ2) is 7.63. The van der Waals surface area contributed by atoms with E-state index in [9.17, 15) is 9.59 Å². The van der Waals surface area contributed by atoms with Crippen molar-refractivity contribution in [3.05, 3.63) is 74.9 Å². The van der Waals surface area contributed by atoms with Crippen LogP contribution < -0.4 is 5.56 Å². The van der Waals surface area contributed by atoms with Gasteiger partial charge in [-0.05, 0) is 24.3 Å². The molecule has 0 atom stereocenters. The highest BCUT2D eigenvalue weighted by Crippen LogP contribution is 2.22. The zero-order valence-corrected chi connectivity index (χ0v) is 15.0. The van der Waals surface area contributed by atoms with E-state index in [0.717, 1.165) is 4.88 Å². The molecule has 3 aromatic rings. The fraction of sp³-hybridized carbons (Fsp3) is 0.167. The fourth-order valence-electron chi connectivity index (χ4n) is 2.50. The van der Waals surface area contributed by atoms with E-state index in [-0.39, 0.29) is 18.0 Å². The van der Waals surface area contributed by atoms with Crippen molar-refractivity contribution >= 4 is 39.7 Å². The lowest BCUT2D eigenvalue weighted by atomic mass is 10.2. The van der Waals surface area contributed by atoms with Crippen LogP contribution in [0.3, 0.4) is 0 Å². The van der Waals surface area contributed by atoms with Crippen molar-refractivity contribution in [2.75, 3.05) is 6.54 Å². The van der Waals surface area contributed by atoms with E-state index in [1.165, 1.54) is 22.2 Å². The maximum atomic E-state index is 12.7. The third-order valence-electron chi connectivity index (χ3n) is 3.71. The Hall–Kier alpha value is -2.44. The Kier molecular flexibility index (Phi) is 5.31. The molecule has 0 radical (unpaired) electrons. The van der Waals surface area contributed by atoms with E-state index in [0.29, 0.717) is 28.3 Å². The van der Waals surface area contributed by atoms with Crippen LogP contribution in [0.15, 0.2) is 60.2 Å². The molecule has 0 aliphatic heterocycles. The van der Waals surface area contributed by atoms with Crippen molar-refractivity contribution < 1.29 is 4.79 Å². The Balaban J connectivity index is 1.82. The highest BCUT2D eigenvalue weighted by atomic mass is 35.5. The quantitative estimate of drug-likeness (QED) is 0.623. The van der Waals surface area contributed by atoms with Crippen molar-refractivity contribution in [3.63, 3.8) is 0 Å². The summed E-state index contributed by atoms with van der Waals surface area (Å²) >= 11 is 7.37. The lowest BCUT2D eigenvalue weighted by Crippen LogP contribution is -2.36. The van der Waals surface area contributed by atoms with Crippen LogP contribution in [0.2, 0.25) is 4.34 Å². The van der Waals surface area contributed by atoms with Gasteiger partial charge in [0, 0.05) is 11.4 Å². The summed E-state index contributed by atoms with van der Waals surface area (Å²) < 4.78 is 2.01. The molecule has 0 aliphatic rings. The first-order valence-electron chi connectivity index (χ1n) is 7.65. The third kappa shape index (κ3) is 3.97. The summed E-state index contributed by atoms with van der Waals surface area (Å²) in [5, 5.41) is 0.498. The van der Waals surface area contributed by atoms with E-state index in [1.54, 1.807) is 35.2 Å². The predicted octanol–water partition coefficient (Wildman–Crippen LogP) is 3.33. The van der Waals surface area contributed by atoms with Crippen LogP contribution in [-0.2, 0) is 17.9 Å². The van der Waals surface area contributed by atoms with Gasteiger partial charge in [-0.3, -0.25) is 14.2 Å². The van der Waals surface area contributed by atoms with Crippen molar-refractivity contribution in [1.29, 1.82) is 0 Å². The Labute approximate surface area is 153 Å². The van der Waals surface area contributed by atoms with Gasteiger partial charge in [0.1, 0.15) is 6.54 Å². The largest absolute Gasteiger partial charge is 0.332 e. The van der Waals surface area contributed by atoms with Gasteiger partial charge < -0.3 is 4.90 Å². The van der Waals surface area contributed by atoms with Crippen LogP contribution in [-0.4, -0.2) is 26.9 Å². The molecular formula is C18H16ClN3O2S. The number of thiophene rings is 1. The summed E-state index contributed by atoms with van der Waals surface area (Å²) in [7, 11) is 0. The molecule has 0 spiro atoms. The molecule has 0 bridgehead atoms. The highest BCUT2D eigenvalue weighted by molar-refractivity contribution is 7.16. The lowest BCUT2D eigenvalue weighted by molar-refractivity contribution is -0.131. The number of hydrogen-bond acceptors (Lipinski definition) is 4. The number of rotatable bonds is 6. The van der Waals surface area contributed by atoms with Crippen LogP contribution >= 0.6 is 22.9 Å². The molecule has 0 fully saturated rings. The normalized spacial score (nSPS) is 10.8. The van der Waals surface area contributed by atoms with E-state index >= 15 is 0 Å². The molecule has 128 valence electrons. The van der Waals surface area contributed by atoms with Crippen molar-refractivity contribution in [1.82, 2.24) is 14.5 Å². The summed E-state index contributed by atoms with van der Waals surface area (Å²) in [6.45, 7) is 4.45. The van der Waals surface area contributed by atoms with Crippen LogP contribution in [0.5, 0.6) is 0 Å². The predicted molar refractivity (Wildman–Crippen MR) is 101 cm³/mol. The molecule has 25 heavy (non-hydrogen) atoms. The van der Waals surface area contributed by atoms with E-state index in [1.807, 2.05) is 12.1 Å². The molecule has 2 heterocycles. The Morgan fingerprint density at radius 2 is 2.12 bits per heavy atom. The van der Waals surface area contributed by atoms with Crippen LogP contribution in [0.1, 0.15) is 4.88 Å². The number of fused-ring (bicyclic) bond motifs is 1. The second-order valence-electron chi connectivity index (χ2n) is 5.46. The maximum Gasteiger partial charge on any atom is 0.261 e. The van der Waals surface area contributed by atoms with E-state index < -0.39 is 0 Å². The SMILES string of the molecule is C=CCN(Cc1ccc(Cl)s1)C(=O)Cn1cnc2ccccc2c1=O. The number of carbonyl (C=O) groups excluding carboxylic acids is 1. The van der Waals surface area contributed by atoms with Gasteiger partial charge in [0.2, 0.25) is 5.91 Å². The molecular weight excluding hydrogens is 358 g/mol. The number of hydrogen-bond donors (Lipinski definition) is 0. The highest BCUT2D eigenvalue weighted by Gasteiger charge is 2.16. The van der Waals surface area contributed by atoms with Gasteiger partial charge in [-0.15, -0.1) is 17.9 Å². The molecule has 3 rings (SSSR count). The van der Waals surface area contributed by atoms with Crippen LogP contribution in [0.25, 0.3) is 10.9 Å². The minimum Gasteiger partial charge on any atom is -0.332 e. The number of nitrogens with zero attached hydrogens (tertiary/aromatic N) is 3. The Morgan fingerprint density at radius 1 is 1.32 bits per heavy atom. The molecule has 2 aromatic heterocycles. The zero-order chi connectivity index (χ0) is 17.8. The number of carbonyl (C=O) groups is 1. The van der Waals surface area contributed by atoms with Crippen LogP contribution in [0.4, 0.5) is 0 Å². The van der Waals surface area contributed by atoms with Crippen molar-refractivity contribution in [2.24, 2.45) is 0 Å². The number of aromatic nitrogens is 2. The molecule has 5 nitrogen and oxygen atoms in total.